The lowest BCUT2D eigenvalue weighted by Gasteiger charge is -2.37. The zero-order valence-electron chi connectivity index (χ0n) is 16.9. The number of hydrogen-bond donors (Lipinski definition) is 0. The van der Waals surface area contributed by atoms with Gasteiger partial charge in [0.1, 0.15) is 6.61 Å². The van der Waals surface area contributed by atoms with Gasteiger partial charge < -0.3 is 19.3 Å². The number of rotatable bonds is 5. The third-order valence-electron chi connectivity index (χ3n) is 5.00. The number of benzene rings is 1. The van der Waals surface area contributed by atoms with Crippen LogP contribution >= 0.6 is 11.8 Å². The van der Waals surface area contributed by atoms with E-state index in [1.807, 2.05) is 32.0 Å². The number of carbonyl (C=O) groups excluding carboxylic acids is 2. The van der Waals surface area contributed by atoms with Crippen molar-refractivity contribution in [2.45, 2.75) is 31.1 Å². The van der Waals surface area contributed by atoms with Crippen LogP contribution in [0.3, 0.4) is 0 Å². The number of thioether (sulfide) groups is 1. The van der Waals surface area contributed by atoms with Crippen molar-refractivity contribution in [3.63, 3.8) is 0 Å². The third-order valence-corrected chi connectivity index (χ3v) is 5.92. The first-order valence-corrected chi connectivity index (χ1v) is 10.9. The maximum atomic E-state index is 12.8. The Labute approximate surface area is 178 Å². The normalized spacial score (nSPS) is 18.6. The Bertz CT molecular complexity index is 912. The summed E-state index contributed by atoms with van der Waals surface area (Å²) in [5, 5.41) is 12.2. The molecule has 1 fully saturated rings. The van der Waals surface area contributed by atoms with Gasteiger partial charge in [0.2, 0.25) is 17.2 Å². The maximum Gasteiger partial charge on any atom is 0.267 e. The number of tetrazole rings is 1. The molecule has 0 spiro atoms. The van der Waals surface area contributed by atoms with Crippen LogP contribution in [0.25, 0.3) is 0 Å². The number of hydrogen-bond acceptors (Lipinski definition) is 8. The molecule has 0 radical (unpaired) electrons. The highest BCUT2D eigenvalue weighted by molar-refractivity contribution is 7.99. The minimum Gasteiger partial charge on any atom is -0.485 e. The number of ether oxygens (including phenoxy) is 2. The van der Waals surface area contributed by atoms with E-state index in [9.17, 15) is 9.59 Å². The molecule has 1 aromatic heterocycles. The molecule has 0 aliphatic carbocycles. The number of piperazine rings is 1. The number of carbonyl (C=O) groups is 2. The van der Waals surface area contributed by atoms with Gasteiger partial charge >= 0.3 is 0 Å². The summed E-state index contributed by atoms with van der Waals surface area (Å²) in [6, 6.07) is 7.45. The van der Waals surface area contributed by atoms with Gasteiger partial charge in [0.15, 0.2) is 11.5 Å². The van der Waals surface area contributed by atoms with E-state index in [1.165, 1.54) is 11.8 Å². The molecule has 30 heavy (non-hydrogen) atoms. The van der Waals surface area contributed by atoms with Crippen molar-refractivity contribution in [1.29, 1.82) is 0 Å². The molecule has 1 aromatic carbocycles. The first-order chi connectivity index (χ1) is 14.5. The Morgan fingerprint density at radius 2 is 1.83 bits per heavy atom. The number of para-hydroxylation sites is 2. The minimum atomic E-state index is -0.660. The van der Waals surface area contributed by atoms with Gasteiger partial charge in [-0.25, -0.2) is 4.68 Å². The van der Waals surface area contributed by atoms with Crippen LogP contribution in [-0.4, -0.2) is 86.5 Å². The van der Waals surface area contributed by atoms with Crippen LogP contribution in [0.4, 0.5) is 0 Å². The van der Waals surface area contributed by atoms with Crippen molar-refractivity contribution in [3.05, 3.63) is 24.3 Å². The molecule has 1 saturated heterocycles. The summed E-state index contributed by atoms with van der Waals surface area (Å²) in [5.74, 6) is 1.39. The Kier molecular flexibility index (Phi) is 6.07. The van der Waals surface area contributed by atoms with E-state index in [0.717, 1.165) is 0 Å². The predicted molar refractivity (Wildman–Crippen MR) is 108 cm³/mol. The van der Waals surface area contributed by atoms with Crippen molar-refractivity contribution < 1.29 is 19.1 Å². The predicted octanol–water partition coefficient (Wildman–Crippen LogP) is 0.857. The van der Waals surface area contributed by atoms with E-state index in [2.05, 4.69) is 15.5 Å². The first kappa shape index (κ1) is 20.5. The molecule has 10 nitrogen and oxygen atoms in total. The topological polar surface area (TPSA) is 103 Å². The molecular formula is C19H24N6O4S. The van der Waals surface area contributed by atoms with E-state index in [4.69, 9.17) is 9.47 Å². The monoisotopic (exact) mass is 432 g/mol. The molecular weight excluding hydrogens is 408 g/mol. The molecule has 11 heteroatoms. The molecule has 1 unspecified atom stereocenters. The Hall–Kier alpha value is -2.82. The summed E-state index contributed by atoms with van der Waals surface area (Å²) in [7, 11) is 0. The lowest BCUT2D eigenvalue weighted by atomic mass is 10.2. The SMILES string of the molecule is CC(C)n1nnnc1SCC(=O)N1CCN(C(=O)C2COc3ccccc3O2)CC1. The van der Waals surface area contributed by atoms with E-state index >= 15 is 0 Å². The second-order valence-electron chi connectivity index (χ2n) is 7.36. The highest BCUT2D eigenvalue weighted by atomic mass is 32.2. The summed E-state index contributed by atoms with van der Waals surface area (Å²) >= 11 is 1.33. The van der Waals surface area contributed by atoms with Crippen LogP contribution < -0.4 is 9.47 Å². The lowest BCUT2D eigenvalue weighted by molar-refractivity contribution is -0.145. The highest BCUT2D eigenvalue weighted by Gasteiger charge is 2.33. The van der Waals surface area contributed by atoms with Gasteiger partial charge in [-0.05, 0) is 36.4 Å². The van der Waals surface area contributed by atoms with Gasteiger partial charge in [-0.2, -0.15) is 0 Å². The fourth-order valence-corrected chi connectivity index (χ4v) is 4.25. The largest absolute Gasteiger partial charge is 0.485 e. The standard InChI is InChI=1S/C19H24N6O4S/c1-13(2)25-19(20-21-22-25)30-12-17(26)23-7-9-24(10-8-23)18(27)16-11-28-14-5-3-4-6-15(14)29-16/h3-6,13,16H,7-12H2,1-2H3. The molecule has 0 saturated carbocycles. The minimum absolute atomic E-state index is 0.0107. The molecule has 4 rings (SSSR count). The van der Waals surface area contributed by atoms with Crippen LogP contribution in [-0.2, 0) is 9.59 Å². The summed E-state index contributed by atoms with van der Waals surface area (Å²) < 4.78 is 13.1. The molecule has 2 aromatic rings. The zero-order chi connectivity index (χ0) is 21.1. The van der Waals surface area contributed by atoms with Crippen LogP contribution in [0.2, 0.25) is 0 Å². The van der Waals surface area contributed by atoms with Crippen LogP contribution in [0, 0.1) is 0 Å². The maximum absolute atomic E-state index is 12.8. The highest BCUT2D eigenvalue weighted by Crippen LogP contribution is 2.31. The van der Waals surface area contributed by atoms with Crippen molar-refractivity contribution in [1.82, 2.24) is 30.0 Å². The van der Waals surface area contributed by atoms with Gasteiger partial charge in [0, 0.05) is 26.2 Å². The average molecular weight is 433 g/mol. The van der Waals surface area contributed by atoms with Gasteiger partial charge in [-0.15, -0.1) is 5.10 Å². The van der Waals surface area contributed by atoms with Gasteiger partial charge in [0.25, 0.3) is 5.91 Å². The van der Waals surface area contributed by atoms with E-state index < -0.39 is 6.10 Å². The average Bonchev–Trinajstić information content (AvgIpc) is 3.26. The van der Waals surface area contributed by atoms with Crippen molar-refractivity contribution in [3.8, 4) is 11.5 Å². The summed E-state index contributed by atoms with van der Waals surface area (Å²) in [6.45, 7) is 6.09. The van der Waals surface area contributed by atoms with Crippen LogP contribution in [0.15, 0.2) is 29.4 Å². The van der Waals surface area contributed by atoms with E-state index in [1.54, 1.807) is 20.5 Å². The molecule has 3 heterocycles. The number of fused-ring (bicyclic) bond motifs is 1. The number of aromatic nitrogens is 4. The number of nitrogens with zero attached hydrogens (tertiary/aromatic N) is 6. The van der Waals surface area contributed by atoms with Crippen molar-refractivity contribution >= 4 is 23.6 Å². The summed E-state index contributed by atoms with van der Waals surface area (Å²) in [4.78, 5) is 28.9. The molecule has 2 amide bonds. The lowest BCUT2D eigenvalue weighted by Crippen LogP contribution is -2.55. The molecule has 160 valence electrons. The van der Waals surface area contributed by atoms with Crippen molar-refractivity contribution in [2.24, 2.45) is 0 Å². The van der Waals surface area contributed by atoms with Crippen LogP contribution in [0.1, 0.15) is 19.9 Å². The molecule has 1 atom stereocenters. The number of amides is 2. The zero-order valence-corrected chi connectivity index (χ0v) is 17.7. The fraction of sp³-hybridized carbons (Fsp3) is 0.526. The van der Waals surface area contributed by atoms with Crippen molar-refractivity contribution in [2.75, 3.05) is 38.5 Å². The summed E-state index contributed by atoms with van der Waals surface area (Å²) in [5.41, 5.74) is 0. The fourth-order valence-electron chi connectivity index (χ4n) is 3.34. The first-order valence-electron chi connectivity index (χ1n) is 9.88. The van der Waals surface area contributed by atoms with Crippen LogP contribution in [0.5, 0.6) is 11.5 Å². The molecule has 2 aliphatic rings. The van der Waals surface area contributed by atoms with E-state index in [0.29, 0.717) is 42.8 Å². The molecule has 0 N–H and O–H groups in total. The Balaban J connectivity index is 1.26. The second kappa shape index (κ2) is 8.90. The van der Waals surface area contributed by atoms with Gasteiger partial charge in [-0.1, -0.05) is 23.9 Å². The smallest absolute Gasteiger partial charge is 0.267 e. The van der Waals surface area contributed by atoms with E-state index in [-0.39, 0.29) is 30.2 Å². The van der Waals surface area contributed by atoms with Gasteiger partial charge in [-0.3, -0.25) is 9.59 Å². The molecule has 0 bridgehead atoms. The Morgan fingerprint density at radius 3 is 2.57 bits per heavy atom. The second-order valence-corrected chi connectivity index (χ2v) is 8.30. The van der Waals surface area contributed by atoms with Gasteiger partial charge in [0.05, 0.1) is 11.8 Å². The quantitative estimate of drug-likeness (QED) is 0.641. The third kappa shape index (κ3) is 4.35. The summed E-state index contributed by atoms with van der Waals surface area (Å²) in [6.07, 6.45) is -0.660. The molecule has 2 aliphatic heterocycles. The Morgan fingerprint density at radius 1 is 1.13 bits per heavy atom.